The van der Waals surface area contributed by atoms with Gasteiger partial charge in [0.2, 0.25) is 0 Å². The van der Waals surface area contributed by atoms with Gasteiger partial charge in [0.1, 0.15) is 6.07 Å². The van der Waals surface area contributed by atoms with Gasteiger partial charge in [-0.3, -0.25) is 0 Å². The van der Waals surface area contributed by atoms with Crippen LogP contribution in [0.25, 0.3) is 0 Å². The van der Waals surface area contributed by atoms with Gasteiger partial charge in [-0.1, -0.05) is 18.9 Å². The molecule has 0 amide bonds. The largest absolute Gasteiger partial charge is 0.371 e. The van der Waals surface area contributed by atoms with Crippen molar-refractivity contribution in [3.63, 3.8) is 0 Å². The van der Waals surface area contributed by atoms with Crippen LogP contribution in [0.2, 0.25) is 0 Å². The Morgan fingerprint density at radius 3 is 2.59 bits per heavy atom. The predicted molar refractivity (Wildman–Crippen MR) is 87.2 cm³/mol. The number of anilines is 3. The van der Waals surface area contributed by atoms with Crippen LogP contribution in [0.3, 0.4) is 0 Å². The number of nitrogens with zero attached hydrogens (tertiary/aromatic N) is 4. The number of hydrogen-bond donors (Lipinski definition) is 1. The summed E-state index contributed by atoms with van der Waals surface area (Å²) >= 11 is 0. The van der Waals surface area contributed by atoms with E-state index in [9.17, 15) is 0 Å². The lowest BCUT2D eigenvalue weighted by molar-refractivity contribution is 0.726. The minimum Gasteiger partial charge on any atom is -0.371 e. The summed E-state index contributed by atoms with van der Waals surface area (Å²) in [5.74, 6) is 0.498. The lowest BCUT2D eigenvalue weighted by Crippen LogP contribution is -2.23. The fraction of sp³-hybridized carbons (Fsp3) is 0.353. The van der Waals surface area contributed by atoms with Crippen molar-refractivity contribution in [2.45, 2.75) is 25.7 Å². The van der Waals surface area contributed by atoms with E-state index in [0.29, 0.717) is 11.5 Å². The van der Waals surface area contributed by atoms with Crippen LogP contribution in [0.4, 0.5) is 17.2 Å². The first-order chi connectivity index (χ1) is 10.9. The van der Waals surface area contributed by atoms with Crippen molar-refractivity contribution in [3.05, 3.63) is 42.4 Å². The van der Waals surface area contributed by atoms with E-state index in [1.54, 1.807) is 6.20 Å². The first kappa shape index (κ1) is 14.3. The fourth-order valence-corrected chi connectivity index (χ4v) is 2.76. The number of aromatic nitrogens is 2. The molecule has 1 N–H and O–H groups in total. The Hall–Kier alpha value is -2.61. The number of nitriles is 1. The molecule has 3 rings (SSSR count). The van der Waals surface area contributed by atoms with Crippen molar-refractivity contribution in [2.24, 2.45) is 0 Å². The van der Waals surface area contributed by atoms with Crippen molar-refractivity contribution >= 4 is 17.2 Å². The van der Waals surface area contributed by atoms with Crippen LogP contribution in [0.15, 0.2) is 36.7 Å². The third kappa shape index (κ3) is 3.34. The van der Waals surface area contributed by atoms with E-state index in [1.807, 2.05) is 12.1 Å². The summed E-state index contributed by atoms with van der Waals surface area (Å²) in [6.45, 7) is 2.22. The zero-order chi connectivity index (χ0) is 15.2. The molecule has 0 bridgehead atoms. The van der Waals surface area contributed by atoms with Crippen molar-refractivity contribution in [3.8, 4) is 6.07 Å². The summed E-state index contributed by atoms with van der Waals surface area (Å²) in [5, 5.41) is 12.3. The quantitative estimate of drug-likeness (QED) is 0.938. The molecule has 2 aromatic rings. The highest BCUT2D eigenvalue weighted by molar-refractivity contribution is 5.65. The van der Waals surface area contributed by atoms with Gasteiger partial charge in [-0.15, -0.1) is 0 Å². The van der Waals surface area contributed by atoms with Gasteiger partial charge < -0.3 is 10.2 Å². The SMILES string of the molecule is N#Cc1nccnc1Nc1cccc(N2CCCCCC2)c1. The van der Waals surface area contributed by atoms with Crippen molar-refractivity contribution in [2.75, 3.05) is 23.3 Å². The molecular formula is C17H19N5. The summed E-state index contributed by atoms with van der Waals surface area (Å²) in [6.07, 6.45) is 8.25. The third-order valence-electron chi connectivity index (χ3n) is 3.88. The maximum absolute atomic E-state index is 9.09. The lowest BCUT2D eigenvalue weighted by Gasteiger charge is -2.23. The molecule has 22 heavy (non-hydrogen) atoms. The molecule has 5 heteroatoms. The second-order valence-electron chi connectivity index (χ2n) is 5.44. The van der Waals surface area contributed by atoms with Crippen LogP contribution in [-0.2, 0) is 0 Å². The zero-order valence-corrected chi connectivity index (χ0v) is 12.5. The molecule has 2 heterocycles. The van der Waals surface area contributed by atoms with Gasteiger partial charge in [-0.2, -0.15) is 5.26 Å². The first-order valence-corrected chi connectivity index (χ1v) is 7.70. The Balaban J connectivity index is 1.80. The number of benzene rings is 1. The summed E-state index contributed by atoms with van der Waals surface area (Å²) in [5.41, 5.74) is 2.45. The van der Waals surface area contributed by atoms with Crippen molar-refractivity contribution < 1.29 is 0 Å². The van der Waals surface area contributed by atoms with E-state index in [4.69, 9.17) is 5.26 Å². The Morgan fingerprint density at radius 1 is 1.05 bits per heavy atom. The standard InChI is InChI=1S/C17H19N5/c18-13-16-17(20-9-8-19-16)21-14-6-5-7-15(12-14)22-10-3-1-2-4-11-22/h5-9,12H,1-4,10-11H2,(H,20,21). The average molecular weight is 293 g/mol. The zero-order valence-electron chi connectivity index (χ0n) is 12.5. The van der Waals surface area contributed by atoms with E-state index < -0.39 is 0 Å². The monoisotopic (exact) mass is 293 g/mol. The molecule has 0 atom stereocenters. The maximum Gasteiger partial charge on any atom is 0.183 e. The van der Waals surface area contributed by atoms with Gasteiger partial charge in [0.15, 0.2) is 11.5 Å². The van der Waals surface area contributed by atoms with Crippen LogP contribution in [-0.4, -0.2) is 23.1 Å². The molecule has 0 spiro atoms. The molecule has 1 aliphatic heterocycles. The molecule has 0 unspecified atom stereocenters. The van der Waals surface area contributed by atoms with Crippen molar-refractivity contribution in [1.82, 2.24) is 9.97 Å². The molecule has 0 radical (unpaired) electrons. The van der Waals surface area contributed by atoms with Crippen LogP contribution < -0.4 is 10.2 Å². The summed E-state index contributed by atoms with van der Waals surface area (Å²) < 4.78 is 0. The van der Waals surface area contributed by atoms with Crippen LogP contribution in [0.5, 0.6) is 0 Å². The number of nitrogens with one attached hydrogen (secondary N) is 1. The molecule has 1 aromatic heterocycles. The van der Waals surface area contributed by atoms with Crippen LogP contribution >= 0.6 is 0 Å². The van der Waals surface area contributed by atoms with Gasteiger partial charge >= 0.3 is 0 Å². The average Bonchev–Trinajstić information content (AvgIpc) is 2.85. The Morgan fingerprint density at radius 2 is 1.82 bits per heavy atom. The predicted octanol–water partition coefficient (Wildman–Crippen LogP) is 3.47. The highest BCUT2D eigenvalue weighted by atomic mass is 15.1. The fourth-order valence-electron chi connectivity index (χ4n) is 2.76. The molecule has 0 saturated carbocycles. The highest BCUT2D eigenvalue weighted by Crippen LogP contribution is 2.24. The number of hydrogen-bond acceptors (Lipinski definition) is 5. The van der Waals surface area contributed by atoms with E-state index in [1.165, 1.54) is 37.6 Å². The van der Waals surface area contributed by atoms with E-state index in [2.05, 4.69) is 38.4 Å². The second-order valence-corrected chi connectivity index (χ2v) is 5.44. The van der Waals surface area contributed by atoms with Gasteiger partial charge in [0, 0.05) is 36.9 Å². The third-order valence-corrected chi connectivity index (χ3v) is 3.88. The van der Waals surface area contributed by atoms with Gasteiger partial charge in [-0.05, 0) is 31.0 Å². The molecular weight excluding hydrogens is 274 g/mol. The topological polar surface area (TPSA) is 64.8 Å². The summed E-state index contributed by atoms with van der Waals surface area (Å²) in [7, 11) is 0. The molecule has 1 saturated heterocycles. The minimum atomic E-state index is 0.308. The maximum atomic E-state index is 9.09. The van der Waals surface area contributed by atoms with Crippen LogP contribution in [0.1, 0.15) is 31.4 Å². The molecule has 1 fully saturated rings. The van der Waals surface area contributed by atoms with Crippen LogP contribution in [0, 0.1) is 11.3 Å². The Labute approximate surface area is 130 Å². The van der Waals surface area contributed by atoms with Crippen molar-refractivity contribution in [1.29, 1.82) is 5.26 Å². The molecule has 5 nitrogen and oxygen atoms in total. The van der Waals surface area contributed by atoms with Gasteiger partial charge in [-0.25, -0.2) is 9.97 Å². The molecule has 0 aliphatic carbocycles. The molecule has 1 aromatic carbocycles. The van der Waals surface area contributed by atoms with E-state index >= 15 is 0 Å². The Kier molecular flexibility index (Phi) is 4.50. The number of rotatable bonds is 3. The highest BCUT2D eigenvalue weighted by Gasteiger charge is 2.11. The lowest BCUT2D eigenvalue weighted by atomic mass is 10.2. The van der Waals surface area contributed by atoms with Gasteiger partial charge in [0.05, 0.1) is 0 Å². The van der Waals surface area contributed by atoms with E-state index in [-0.39, 0.29) is 0 Å². The molecule has 112 valence electrons. The minimum absolute atomic E-state index is 0.308. The first-order valence-electron chi connectivity index (χ1n) is 7.70. The Bertz CT molecular complexity index is 669. The summed E-state index contributed by atoms with van der Waals surface area (Å²) in [4.78, 5) is 10.6. The molecule has 1 aliphatic rings. The summed E-state index contributed by atoms with van der Waals surface area (Å²) in [6, 6.07) is 10.3. The second kappa shape index (κ2) is 6.90. The normalized spacial score (nSPS) is 15.0. The van der Waals surface area contributed by atoms with Gasteiger partial charge in [0.25, 0.3) is 0 Å². The van der Waals surface area contributed by atoms with E-state index in [0.717, 1.165) is 18.8 Å². The smallest absolute Gasteiger partial charge is 0.183 e.